The number of benzene rings is 2. The van der Waals surface area contributed by atoms with Gasteiger partial charge in [-0.3, -0.25) is 4.79 Å². The van der Waals surface area contributed by atoms with E-state index in [1.165, 1.54) is 22.3 Å². The van der Waals surface area contributed by atoms with Crippen LogP contribution in [0, 0.1) is 0 Å². The Morgan fingerprint density at radius 2 is 1.62 bits per heavy atom. The Morgan fingerprint density at radius 1 is 0.896 bits per heavy atom. The van der Waals surface area contributed by atoms with Crippen LogP contribution in [0.25, 0.3) is 16.9 Å². The first-order valence-corrected chi connectivity index (χ1v) is 16.6. The molecular formula is C37H43N9O2. The number of nitrogen functional groups attached to an aromatic ring is 1. The van der Waals surface area contributed by atoms with Crippen LogP contribution in [0.15, 0.2) is 77.7 Å². The van der Waals surface area contributed by atoms with E-state index in [0.29, 0.717) is 47.9 Å². The van der Waals surface area contributed by atoms with Crippen LogP contribution in [-0.2, 0) is 38.1 Å². The van der Waals surface area contributed by atoms with Gasteiger partial charge in [-0.25, -0.2) is 19.3 Å². The fourth-order valence-corrected chi connectivity index (χ4v) is 6.74. The van der Waals surface area contributed by atoms with Gasteiger partial charge in [-0.05, 0) is 105 Å². The maximum atomic E-state index is 13.3. The van der Waals surface area contributed by atoms with Crippen LogP contribution in [0.3, 0.4) is 0 Å². The lowest BCUT2D eigenvalue weighted by atomic mass is 9.95. The van der Waals surface area contributed by atoms with Gasteiger partial charge in [0.2, 0.25) is 5.95 Å². The summed E-state index contributed by atoms with van der Waals surface area (Å²) >= 11 is 0. The Labute approximate surface area is 280 Å². The quantitative estimate of drug-likeness (QED) is 0.187. The highest BCUT2D eigenvalue weighted by atomic mass is 16.3. The largest absolute Gasteiger partial charge is 0.399 e. The standard InChI is InChI=1S/C27H29N7O2.C10H14N2/c1-27(36)12-4-3-5-13-33-25(35)21-16-28-26(31-24(21)34(33)23-8-6-7-22(27)30-23)29-20-10-9-18-11-14-32(2)17-19(18)15-20;1-12-5-4-8-2-3-10(11)6-9(8)7-12/h3,5-10,15-16,36H,4,11-14,17H2,1-2H3,(H,28,29,31);2-3,6H,4-5,7,11H2,1H3/b5-3-;/t27-;/m0./s1. The fraction of sp³-hybridized carbons (Fsp3) is 0.351. The first kappa shape index (κ1) is 31.7. The number of likely N-dealkylation sites (N-methyl/N-ethyl adjacent to an activating group) is 2. The Kier molecular flexibility index (Phi) is 8.59. The molecule has 0 saturated heterocycles. The Hall–Kier alpha value is -4.84. The fourth-order valence-electron chi connectivity index (χ4n) is 6.74. The number of aromatic nitrogens is 5. The predicted molar refractivity (Wildman–Crippen MR) is 190 cm³/mol. The summed E-state index contributed by atoms with van der Waals surface area (Å²) in [6.45, 7) is 6.31. The van der Waals surface area contributed by atoms with Gasteiger partial charge in [-0.1, -0.05) is 30.4 Å². The van der Waals surface area contributed by atoms with E-state index in [9.17, 15) is 9.90 Å². The number of hydrogen-bond acceptors (Lipinski definition) is 9. The van der Waals surface area contributed by atoms with Gasteiger partial charge in [0.05, 0.1) is 12.2 Å². The van der Waals surface area contributed by atoms with Crippen molar-refractivity contribution in [1.29, 1.82) is 0 Å². The summed E-state index contributed by atoms with van der Waals surface area (Å²) in [4.78, 5) is 31.9. The number of anilines is 3. The molecule has 0 saturated carbocycles. The molecule has 0 radical (unpaired) electrons. The van der Waals surface area contributed by atoms with Crippen LogP contribution in [0.5, 0.6) is 0 Å². The molecule has 5 aromatic rings. The van der Waals surface area contributed by atoms with E-state index < -0.39 is 5.60 Å². The van der Waals surface area contributed by atoms with E-state index in [1.54, 1.807) is 22.5 Å². The van der Waals surface area contributed by atoms with E-state index in [4.69, 9.17) is 15.7 Å². The Morgan fingerprint density at radius 3 is 2.40 bits per heavy atom. The highest BCUT2D eigenvalue weighted by Crippen LogP contribution is 2.28. The maximum Gasteiger partial charge on any atom is 0.278 e. The number of allylic oxidation sites excluding steroid dienone is 2. The average Bonchev–Trinajstić information content (AvgIpc) is 3.33. The van der Waals surface area contributed by atoms with Crippen LogP contribution in [0.2, 0.25) is 0 Å². The zero-order valence-corrected chi connectivity index (χ0v) is 27.9. The van der Waals surface area contributed by atoms with Crippen LogP contribution >= 0.6 is 0 Å². The second-order valence-corrected chi connectivity index (χ2v) is 13.4. The van der Waals surface area contributed by atoms with Gasteiger partial charge < -0.3 is 26.0 Å². The summed E-state index contributed by atoms with van der Waals surface area (Å²) in [5.41, 5.74) is 12.8. The molecule has 248 valence electrons. The molecule has 11 nitrogen and oxygen atoms in total. The molecular weight excluding hydrogens is 602 g/mol. The molecule has 2 bridgehead atoms. The van der Waals surface area contributed by atoms with Gasteiger partial charge in [0.1, 0.15) is 11.0 Å². The topological polar surface area (TPSA) is 130 Å². The second-order valence-electron chi connectivity index (χ2n) is 13.4. The third kappa shape index (κ3) is 6.49. The molecule has 48 heavy (non-hydrogen) atoms. The van der Waals surface area contributed by atoms with Gasteiger partial charge in [0.25, 0.3) is 5.56 Å². The lowest BCUT2D eigenvalue weighted by Gasteiger charge is -2.25. The number of nitrogens with one attached hydrogen (secondary N) is 1. The number of aliphatic hydroxyl groups is 1. The van der Waals surface area contributed by atoms with E-state index in [1.807, 2.05) is 42.5 Å². The highest BCUT2D eigenvalue weighted by Gasteiger charge is 2.26. The summed E-state index contributed by atoms with van der Waals surface area (Å²) in [5.74, 6) is 0.928. The lowest BCUT2D eigenvalue weighted by Crippen LogP contribution is -2.26. The minimum Gasteiger partial charge on any atom is -0.399 e. The molecule has 0 aliphatic carbocycles. The third-order valence-corrected chi connectivity index (χ3v) is 9.52. The molecule has 0 amide bonds. The highest BCUT2D eigenvalue weighted by molar-refractivity contribution is 5.77. The first-order valence-electron chi connectivity index (χ1n) is 16.6. The average molecular weight is 646 g/mol. The van der Waals surface area contributed by atoms with E-state index in [0.717, 1.165) is 50.4 Å². The van der Waals surface area contributed by atoms with Crippen molar-refractivity contribution in [2.75, 3.05) is 38.2 Å². The van der Waals surface area contributed by atoms with Crippen LogP contribution in [0.4, 0.5) is 17.3 Å². The molecule has 3 aliphatic heterocycles. The van der Waals surface area contributed by atoms with Crippen molar-refractivity contribution < 1.29 is 5.11 Å². The number of hydrogen-bond donors (Lipinski definition) is 3. The Balaban J connectivity index is 0.000000255. The number of nitrogens with two attached hydrogens (primary N) is 1. The molecule has 0 unspecified atom stereocenters. The van der Waals surface area contributed by atoms with E-state index in [-0.39, 0.29) is 5.56 Å². The minimum absolute atomic E-state index is 0.184. The van der Waals surface area contributed by atoms with E-state index >= 15 is 0 Å². The Bertz CT molecular complexity index is 2060. The van der Waals surface area contributed by atoms with Crippen LogP contribution < -0.4 is 16.6 Å². The molecule has 3 aliphatic rings. The number of fused-ring (bicyclic) bond motifs is 8. The molecule has 6 heterocycles. The smallest absolute Gasteiger partial charge is 0.278 e. The van der Waals surface area contributed by atoms with Crippen molar-refractivity contribution in [3.63, 3.8) is 0 Å². The van der Waals surface area contributed by atoms with Gasteiger partial charge in [0, 0.05) is 43.8 Å². The van der Waals surface area contributed by atoms with Crippen LogP contribution in [0.1, 0.15) is 47.7 Å². The summed E-state index contributed by atoms with van der Waals surface area (Å²) in [6, 6.07) is 18.1. The number of rotatable bonds is 2. The normalized spacial score (nSPS) is 20.0. The molecule has 1 atom stereocenters. The summed E-state index contributed by atoms with van der Waals surface area (Å²) in [7, 11) is 4.27. The molecule has 4 N–H and O–H groups in total. The summed E-state index contributed by atoms with van der Waals surface area (Å²) < 4.78 is 3.34. The van der Waals surface area contributed by atoms with Crippen molar-refractivity contribution in [3.8, 4) is 5.82 Å². The summed E-state index contributed by atoms with van der Waals surface area (Å²) in [5, 5.41) is 14.7. The molecule has 0 fully saturated rings. The molecule has 0 spiro atoms. The third-order valence-electron chi connectivity index (χ3n) is 9.52. The van der Waals surface area contributed by atoms with Crippen molar-refractivity contribution in [2.24, 2.45) is 0 Å². The monoisotopic (exact) mass is 645 g/mol. The molecule has 8 rings (SSSR count). The van der Waals surface area contributed by atoms with Crippen molar-refractivity contribution >= 4 is 28.4 Å². The van der Waals surface area contributed by atoms with Crippen LogP contribution in [-0.4, -0.2) is 66.4 Å². The number of pyridine rings is 1. The second kappa shape index (κ2) is 13.0. The molecule has 3 aromatic heterocycles. The van der Waals surface area contributed by atoms with Crippen molar-refractivity contribution in [1.82, 2.24) is 34.1 Å². The zero-order valence-electron chi connectivity index (χ0n) is 27.9. The predicted octanol–water partition coefficient (Wildman–Crippen LogP) is 4.52. The van der Waals surface area contributed by atoms with Gasteiger partial charge in [0.15, 0.2) is 11.5 Å². The van der Waals surface area contributed by atoms with Gasteiger partial charge in [-0.2, -0.15) is 4.98 Å². The number of nitrogens with zero attached hydrogens (tertiary/aromatic N) is 7. The first-order chi connectivity index (χ1) is 23.1. The van der Waals surface area contributed by atoms with Crippen molar-refractivity contribution in [2.45, 2.75) is 57.8 Å². The maximum absolute atomic E-state index is 13.3. The summed E-state index contributed by atoms with van der Waals surface area (Å²) in [6.07, 6.45) is 8.92. The lowest BCUT2D eigenvalue weighted by molar-refractivity contribution is 0.0443. The zero-order chi connectivity index (χ0) is 33.4. The SMILES string of the molecule is CN1CCc2ccc(N)cc2C1.CN1CCc2ccc(Nc3ncc4c(=O)n5n(c4n3)-c3cccc(n3)[C@@](C)(O)CC/C=C\C5)cc2C1. The van der Waals surface area contributed by atoms with Gasteiger partial charge >= 0.3 is 0 Å². The van der Waals surface area contributed by atoms with Gasteiger partial charge in [-0.15, -0.1) is 0 Å². The van der Waals surface area contributed by atoms with E-state index in [2.05, 4.69) is 58.5 Å². The molecule has 11 heteroatoms. The molecule has 2 aromatic carbocycles. The minimum atomic E-state index is -1.08. The van der Waals surface area contributed by atoms with Crippen molar-refractivity contribution in [3.05, 3.63) is 111 Å².